The molecule has 0 saturated carbocycles. The minimum atomic E-state index is -0.303. The molecule has 16 heavy (non-hydrogen) atoms. The first-order valence-corrected chi connectivity index (χ1v) is 5.40. The quantitative estimate of drug-likeness (QED) is 0.832. The Labute approximate surface area is 97.6 Å². The standard InChI is InChI=1S/C13H21NO2/c1-13(2,14)11-7-5-10(6-8-11)12(16-4)9-15-3/h5-8,12H,9,14H2,1-4H3. The van der Waals surface area contributed by atoms with E-state index in [1.54, 1.807) is 14.2 Å². The third-order valence-corrected chi connectivity index (χ3v) is 2.63. The van der Waals surface area contributed by atoms with Gasteiger partial charge in [0.1, 0.15) is 6.10 Å². The normalized spacial score (nSPS) is 13.8. The monoisotopic (exact) mass is 223 g/mol. The van der Waals surface area contributed by atoms with Gasteiger partial charge in [0.25, 0.3) is 0 Å². The maximum absolute atomic E-state index is 6.02. The van der Waals surface area contributed by atoms with Crippen molar-refractivity contribution in [2.75, 3.05) is 20.8 Å². The number of rotatable bonds is 5. The van der Waals surface area contributed by atoms with Crippen LogP contribution >= 0.6 is 0 Å². The van der Waals surface area contributed by atoms with Crippen molar-refractivity contribution in [3.05, 3.63) is 35.4 Å². The summed E-state index contributed by atoms with van der Waals surface area (Å²) in [5.74, 6) is 0. The van der Waals surface area contributed by atoms with E-state index in [0.29, 0.717) is 6.61 Å². The fraction of sp³-hybridized carbons (Fsp3) is 0.538. The van der Waals surface area contributed by atoms with Gasteiger partial charge in [-0.2, -0.15) is 0 Å². The maximum Gasteiger partial charge on any atom is 0.105 e. The maximum atomic E-state index is 6.02. The molecule has 0 fully saturated rings. The van der Waals surface area contributed by atoms with Gasteiger partial charge in [-0.1, -0.05) is 24.3 Å². The van der Waals surface area contributed by atoms with Crippen LogP contribution in [0.4, 0.5) is 0 Å². The van der Waals surface area contributed by atoms with Gasteiger partial charge in [-0.05, 0) is 25.0 Å². The fourth-order valence-electron chi connectivity index (χ4n) is 1.58. The van der Waals surface area contributed by atoms with E-state index < -0.39 is 0 Å². The van der Waals surface area contributed by atoms with E-state index >= 15 is 0 Å². The summed E-state index contributed by atoms with van der Waals surface area (Å²) in [4.78, 5) is 0. The molecule has 1 aromatic rings. The van der Waals surface area contributed by atoms with E-state index in [2.05, 4.69) is 0 Å². The van der Waals surface area contributed by atoms with Crippen molar-refractivity contribution in [2.24, 2.45) is 5.73 Å². The average Bonchev–Trinajstić information content (AvgIpc) is 2.25. The van der Waals surface area contributed by atoms with E-state index in [0.717, 1.165) is 11.1 Å². The van der Waals surface area contributed by atoms with Gasteiger partial charge in [0.15, 0.2) is 0 Å². The lowest BCUT2D eigenvalue weighted by atomic mass is 9.94. The molecule has 1 unspecified atom stereocenters. The Bertz CT molecular complexity index is 314. The van der Waals surface area contributed by atoms with Gasteiger partial charge in [-0.15, -0.1) is 0 Å². The van der Waals surface area contributed by atoms with E-state index in [9.17, 15) is 0 Å². The highest BCUT2D eigenvalue weighted by molar-refractivity contribution is 5.28. The van der Waals surface area contributed by atoms with Crippen LogP contribution in [0.25, 0.3) is 0 Å². The van der Waals surface area contributed by atoms with Crippen LogP contribution in [0.5, 0.6) is 0 Å². The minimum Gasteiger partial charge on any atom is -0.382 e. The molecule has 3 nitrogen and oxygen atoms in total. The predicted octanol–water partition coefficient (Wildman–Crippen LogP) is 2.21. The molecule has 3 heteroatoms. The minimum absolute atomic E-state index is 0.0139. The second-order valence-corrected chi connectivity index (χ2v) is 4.52. The van der Waals surface area contributed by atoms with Crippen molar-refractivity contribution < 1.29 is 9.47 Å². The van der Waals surface area contributed by atoms with E-state index in [1.807, 2.05) is 38.1 Å². The summed E-state index contributed by atoms with van der Waals surface area (Å²) in [6, 6.07) is 8.16. The number of methoxy groups -OCH3 is 2. The summed E-state index contributed by atoms with van der Waals surface area (Å²) in [5, 5.41) is 0. The second kappa shape index (κ2) is 5.43. The van der Waals surface area contributed by atoms with Crippen molar-refractivity contribution in [2.45, 2.75) is 25.5 Å². The Hall–Kier alpha value is -0.900. The van der Waals surface area contributed by atoms with Gasteiger partial charge in [-0.3, -0.25) is 0 Å². The van der Waals surface area contributed by atoms with Crippen molar-refractivity contribution in [1.29, 1.82) is 0 Å². The van der Waals surface area contributed by atoms with Crippen molar-refractivity contribution in [1.82, 2.24) is 0 Å². The fourth-order valence-corrected chi connectivity index (χ4v) is 1.58. The first kappa shape index (κ1) is 13.2. The topological polar surface area (TPSA) is 44.5 Å². The lowest BCUT2D eigenvalue weighted by molar-refractivity contribution is 0.0274. The molecular weight excluding hydrogens is 202 g/mol. The van der Waals surface area contributed by atoms with Gasteiger partial charge in [0.2, 0.25) is 0 Å². The second-order valence-electron chi connectivity index (χ2n) is 4.52. The molecule has 0 aliphatic carbocycles. The zero-order valence-corrected chi connectivity index (χ0v) is 10.5. The Balaban J connectivity index is 2.85. The highest BCUT2D eigenvalue weighted by Crippen LogP contribution is 2.21. The summed E-state index contributed by atoms with van der Waals surface area (Å²) in [6.07, 6.45) is -0.0139. The van der Waals surface area contributed by atoms with Crippen LogP contribution in [-0.4, -0.2) is 20.8 Å². The zero-order chi connectivity index (χ0) is 12.2. The van der Waals surface area contributed by atoms with E-state index in [4.69, 9.17) is 15.2 Å². The summed E-state index contributed by atoms with van der Waals surface area (Å²) in [6.45, 7) is 4.54. The predicted molar refractivity (Wildman–Crippen MR) is 65.3 cm³/mol. The van der Waals surface area contributed by atoms with Crippen molar-refractivity contribution >= 4 is 0 Å². The van der Waals surface area contributed by atoms with Crippen LogP contribution in [0.1, 0.15) is 31.1 Å². The molecule has 0 bridgehead atoms. The van der Waals surface area contributed by atoms with Gasteiger partial charge < -0.3 is 15.2 Å². The highest BCUT2D eigenvalue weighted by atomic mass is 16.5. The van der Waals surface area contributed by atoms with Crippen LogP contribution < -0.4 is 5.73 Å². The van der Waals surface area contributed by atoms with Gasteiger partial charge >= 0.3 is 0 Å². The Morgan fingerprint density at radius 3 is 2.12 bits per heavy atom. The molecule has 0 heterocycles. The van der Waals surface area contributed by atoms with Gasteiger partial charge in [0.05, 0.1) is 6.61 Å². The number of nitrogens with two attached hydrogens (primary N) is 1. The SMILES string of the molecule is COCC(OC)c1ccc(C(C)(C)N)cc1. The number of ether oxygens (including phenoxy) is 2. The molecule has 0 radical (unpaired) electrons. The molecule has 0 saturated heterocycles. The zero-order valence-electron chi connectivity index (χ0n) is 10.5. The largest absolute Gasteiger partial charge is 0.382 e. The van der Waals surface area contributed by atoms with Crippen LogP contribution in [0.3, 0.4) is 0 Å². The molecule has 1 atom stereocenters. The van der Waals surface area contributed by atoms with Crippen LogP contribution in [0.2, 0.25) is 0 Å². The number of benzene rings is 1. The van der Waals surface area contributed by atoms with Crippen molar-refractivity contribution in [3.8, 4) is 0 Å². The average molecular weight is 223 g/mol. The first-order chi connectivity index (χ1) is 7.49. The van der Waals surface area contributed by atoms with Crippen molar-refractivity contribution in [3.63, 3.8) is 0 Å². The Morgan fingerprint density at radius 2 is 1.75 bits per heavy atom. The summed E-state index contributed by atoms with van der Waals surface area (Å²) < 4.78 is 10.4. The third kappa shape index (κ3) is 3.30. The Morgan fingerprint density at radius 1 is 1.19 bits per heavy atom. The molecule has 0 aliphatic heterocycles. The highest BCUT2D eigenvalue weighted by Gasteiger charge is 2.15. The molecule has 0 spiro atoms. The van der Waals surface area contributed by atoms with Crippen LogP contribution in [0, 0.1) is 0 Å². The van der Waals surface area contributed by atoms with E-state index in [1.165, 1.54) is 0 Å². The lowest BCUT2D eigenvalue weighted by Gasteiger charge is -2.21. The van der Waals surface area contributed by atoms with Crippen LogP contribution in [0.15, 0.2) is 24.3 Å². The molecular formula is C13H21NO2. The molecule has 0 amide bonds. The lowest BCUT2D eigenvalue weighted by Crippen LogP contribution is -2.28. The summed E-state index contributed by atoms with van der Waals surface area (Å²) in [5.41, 5.74) is 7.94. The summed E-state index contributed by atoms with van der Waals surface area (Å²) >= 11 is 0. The smallest absolute Gasteiger partial charge is 0.105 e. The van der Waals surface area contributed by atoms with Crippen LogP contribution in [-0.2, 0) is 15.0 Å². The van der Waals surface area contributed by atoms with E-state index in [-0.39, 0.29) is 11.6 Å². The number of hydrogen-bond acceptors (Lipinski definition) is 3. The van der Waals surface area contributed by atoms with Gasteiger partial charge in [0, 0.05) is 19.8 Å². The first-order valence-electron chi connectivity index (χ1n) is 5.40. The molecule has 2 N–H and O–H groups in total. The summed E-state index contributed by atoms with van der Waals surface area (Å²) in [7, 11) is 3.36. The molecule has 1 aromatic carbocycles. The molecule has 0 aliphatic rings. The Kier molecular flexibility index (Phi) is 4.47. The number of hydrogen-bond donors (Lipinski definition) is 1. The molecule has 0 aromatic heterocycles. The molecule has 1 rings (SSSR count). The molecule has 90 valence electrons. The van der Waals surface area contributed by atoms with Gasteiger partial charge in [-0.25, -0.2) is 0 Å². The third-order valence-electron chi connectivity index (χ3n) is 2.63.